The average Bonchev–Trinajstić information content (AvgIpc) is 2.61. The van der Waals surface area contributed by atoms with Gasteiger partial charge in [0.2, 0.25) is 5.95 Å². The summed E-state index contributed by atoms with van der Waals surface area (Å²) in [7, 11) is 0. The average molecular weight is 197 g/mol. The summed E-state index contributed by atoms with van der Waals surface area (Å²) in [6.07, 6.45) is 3.76. The van der Waals surface area contributed by atoms with Crippen molar-refractivity contribution in [2.45, 2.75) is 33.4 Å². The number of aliphatic hydroxyl groups is 1. The van der Waals surface area contributed by atoms with E-state index in [9.17, 15) is 0 Å². The van der Waals surface area contributed by atoms with Gasteiger partial charge in [-0.05, 0) is 20.8 Å². The van der Waals surface area contributed by atoms with Crippen molar-refractivity contribution in [3.63, 3.8) is 0 Å². The van der Waals surface area contributed by atoms with Crippen molar-refractivity contribution in [3.8, 4) is 0 Å². The van der Waals surface area contributed by atoms with E-state index >= 15 is 0 Å². The molecule has 0 radical (unpaired) electrons. The van der Waals surface area contributed by atoms with Crippen LogP contribution in [0.1, 0.15) is 20.8 Å². The van der Waals surface area contributed by atoms with Crippen LogP contribution in [0.3, 0.4) is 0 Å². The van der Waals surface area contributed by atoms with Gasteiger partial charge in [0.15, 0.2) is 0 Å². The van der Waals surface area contributed by atoms with E-state index in [1.807, 2.05) is 6.20 Å². The van der Waals surface area contributed by atoms with E-state index in [4.69, 9.17) is 5.11 Å². The van der Waals surface area contributed by atoms with E-state index in [1.54, 1.807) is 6.20 Å². The summed E-state index contributed by atoms with van der Waals surface area (Å²) in [6.45, 7) is 7.99. The number of hydrogen-bond donors (Lipinski definition) is 1. The van der Waals surface area contributed by atoms with Gasteiger partial charge in [-0.1, -0.05) is 0 Å². The minimum atomic E-state index is 0.161. The topological polar surface area (TPSA) is 41.3 Å². The molecule has 0 unspecified atom stereocenters. The summed E-state index contributed by atoms with van der Waals surface area (Å²) < 4.78 is 2.08. The highest BCUT2D eigenvalue weighted by atomic mass is 16.3. The Morgan fingerprint density at radius 2 is 2.29 bits per heavy atom. The number of nitrogens with zero attached hydrogens (tertiary/aromatic N) is 3. The number of hydrogen-bond acceptors (Lipinski definition) is 3. The van der Waals surface area contributed by atoms with Crippen molar-refractivity contribution in [1.82, 2.24) is 9.55 Å². The lowest BCUT2D eigenvalue weighted by Crippen LogP contribution is -2.35. The zero-order chi connectivity index (χ0) is 10.6. The Bertz CT molecular complexity index is 270. The molecule has 0 aliphatic rings. The van der Waals surface area contributed by atoms with Gasteiger partial charge in [0.1, 0.15) is 0 Å². The maximum absolute atomic E-state index is 8.97. The number of aliphatic hydroxyl groups excluding tert-OH is 1. The van der Waals surface area contributed by atoms with Crippen molar-refractivity contribution in [1.29, 1.82) is 0 Å². The van der Waals surface area contributed by atoms with Gasteiger partial charge in [0, 0.05) is 31.5 Å². The van der Waals surface area contributed by atoms with Crippen LogP contribution in [-0.4, -0.2) is 33.9 Å². The second-order valence-corrected chi connectivity index (χ2v) is 3.52. The Kier molecular flexibility index (Phi) is 3.95. The standard InChI is InChI=1S/C10H19N3O/c1-4-12-6-5-11-10(12)13(7-8-14)9(2)3/h5-6,9,14H,4,7-8H2,1-3H3. The van der Waals surface area contributed by atoms with Gasteiger partial charge in [0.05, 0.1) is 6.61 Å². The second kappa shape index (κ2) is 5.00. The van der Waals surface area contributed by atoms with Gasteiger partial charge in [-0.15, -0.1) is 0 Å². The SMILES string of the molecule is CCn1ccnc1N(CCO)C(C)C. The maximum Gasteiger partial charge on any atom is 0.205 e. The molecule has 0 aromatic carbocycles. The summed E-state index contributed by atoms with van der Waals surface area (Å²) in [5.41, 5.74) is 0. The third kappa shape index (κ3) is 2.26. The summed E-state index contributed by atoms with van der Waals surface area (Å²) >= 11 is 0. The van der Waals surface area contributed by atoms with E-state index < -0.39 is 0 Å². The largest absolute Gasteiger partial charge is 0.395 e. The Morgan fingerprint density at radius 3 is 2.79 bits per heavy atom. The van der Waals surface area contributed by atoms with E-state index in [1.165, 1.54) is 0 Å². The fourth-order valence-electron chi connectivity index (χ4n) is 1.50. The first-order valence-electron chi connectivity index (χ1n) is 5.09. The normalized spacial score (nSPS) is 10.9. The lowest BCUT2D eigenvalue weighted by atomic mass is 10.3. The highest BCUT2D eigenvalue weighted by molar-refractivity contribution is 5.32. The molecule has 14 heavy (non-hydrogen) atoms. The molecule has 0 saturated carbocycles. The Balaban J connectivity index is 2.86. The summed E-state index contributed by atoms with van der Waals surface area (Å²) in [5, 5.41) is 8.97. The first kappa shape index (κ1) is 11.0. The van der Waals surface area contributed by atoms with Crippen molar-refractivity contribution >= 4 is 5.95 Å². The summed E-state index contributed by atoms with van der Waals surface area (Å²) in [4.78, 5) is 6.41. The Hall–Kier alpha value is -1.03. The predicted molar refractivity (Wildman–Crippen MR) is 57.5 cm³/mol. The molecule has 4 heteroatoms. The molecular weight excluding hydrogens is 178 g/mol. The van der Waals surface area contributed by atoms with Gasteiger partial charge < -0.3 is 14.6 Å². The molecule has 1 N–H and O–H groups in total. The fourth-order valence-corrected chi connectivity index (χ4v) is 1.50. The molecule has 0 bridgehead atoms. The number of anilines is 1. The molecule has 0 atom stereocenters. The molecule has 1 heterocycles. The van der Waals surface area contributed by atoms with Crippen LogP contribution in [-0.2, 0) is 6.54 Å². The predicted octanol–water partition coefficient (Wildman–Crippen LogP) is 1.11. The van der Waals surface area contributed by atoms with Crippen molar-refractivity contribution in [2.24, 2.45) is 0 Å². The molecule has 4 nitrogen and oxygen atoms in total. The van der Waals surface area contributed by atoms with E-state index in [2.05, 4.69) is 35.2 Å². The molecule has 1 aromatic heterocycles. The third-order valence-corrected chi connectivity index (χ3v) is 2.26. The van der Waals surface area contributed by atoms with Gasteiger partial charge in [-0.3, -0.25) is 0 Å². The molecule has 80 valence electrons. The molecule has 0 aliphatic carbocycles. The molecule has 1 aromatic rings. The molecular formula is C10H19N3O. The molecule has 0 aliphatic heterocycles. The quantitative estimate of drug-likeness (QED) is 0.768. The van der Waals surface area contributed by atoms with Crippen molar-refractivity contribution in [3.05, 3.63) is 12.4 Å². The first-order chi connectivity index (χ1) is 6.70. The lowest BCUT2D eigenvalue weighted by molar-refractivity contribution is 0.297. The Labute approximate surface area is 85.2 Å². The van der Waals surface area contributed by atoms with Crippen LogP contribution in [0.15, 0.2) is 12.4 Å². The highest BCUT2D eigenvalue weighted by Crippen LogP contribution is 2.13. The zero-order valence-corrected chi connectivity index (χ0v) is 9.14. The zero-order valence-electron chi connectivity index (χ0n) is 9.14. The lowest BCUT2D eigenvalue weighted by Gasteiger charge is -2.27. The van der Waals surface area contributed by atoms with Crippen LogP contribution in [0, 0.1) is 0 Å². The smallest absolute Gasteiger partial charge is 0.205 e. The number of aryl methyl sites for hydroxylation is 1. The number of rotatable bonds is 5. The fraction of sp³-hybridized carbons (Fsp3) is 0.700. The van der Waals surface area contributed by atoms with E-state index in [0.717, 1.165) is 12.5 Å². The van der Waals surface area contributed by atoms with E-state index in [-0.39, 0.29) is 6.61 Å². The molecule has 0 fully saturated rings. The Morgan fingerprint density at radius 1 is 1.57 bits per heavy atom. The minimum Gasteiger partial charge on any atom is -0.395 e. The highest BCUT2D eigenvalue weighted by Gasteiger charge is 2.14. The van der Waals surface area contributed by atoms with Crippen LogP contribution >= 0.6 is 0 Å². The van der Waals surface area contributed by atoms with E-state index in [0.29, 0.717) is 12.6 Å². The van der Waals surface area contributed by atoms with Crippen molar-refractivity contribution in [2.75, 3.05) is 18.1 Å². The third-order valence-electron chi connectivity index (χ3n) is 2.26. The first-order valence-corrected chi connectivity index (χ1v) is 5.09. The number of imidazole rings is 1. The van der Waals surface area contributed by atoms with Gasteiger partial charge in [0.25, 0.3) is 0 Å². The minimum absolute atomic E-state index is 0.161. The molecule has 0 spiro atoms. The number of aromatic nitrogens is 2. The maximum atomic E-state index is 8.97. The van der Waals surface area contributed by atoms with Gasteiger partial charge >= 0.3 is 0 Å². The summed E-state index contributed by atoms with van der Waals surface area (Å²) in [6, 6.07) is 0.356. The molecule has 1 rings (SSSR count). The molecule has 0 saturated heterocycles. The van der Waals surface area contributed by atoms with Gasteiger partial charge in [-0.25, -0.2) is 4.98 Å². The summed E-state index contributed by atoms with van der Waals surface area (Å²) in [5.74, 6) is 0.941. The van der Waals surface area contributed by atoms with Crippen molar-refractivity contribution < 1.29 is 5.11 Å². The van der Waals surface area contributed by atoms with Crippen LogP contribution in [0.5, 0.6) is 0 Å². The van der Waals surface area contributed by atoms with Crippen LogP contribution in [0.2, 0.25) is 0 Å². The van der Waals surface area contributed by atoms with Gasteiger partial charge in [-0.2, -0.15) is 0 Å². The molecule has 0 amide bonds. The van der Waals surface area contributed by atoms with Crippen LogP contribution < -0.4 is 4.90 Å². The van der Waals surface area contributed by atoms with Crippen LogP contribution in [0.4, 0.5) is 5.95 Å². The van der Waals surface area contributed by atoms with Crippen LogP contribution in [0.25, 0.3) is 0 Å². The monoisotopic (exact) mass is 197 g/mol. The second-order valence-electron chi connectivity index (χ2n) is 3.52.